The molecule has 20 heavy (non-hydrogen) atoms. The summed E-state index contributed by atoms with van der Waals surface area (Å²) in [4.78, 5) is 0. The third kappa shape index (κ3) is 1.82. The number of aromatic nitrogens is 2. The van der Waals surface area contributed by atoms with E-state index in [0.29, 0.717) is 33.7 Å². The number of aryl methyl sites for hydroxylation is 1. The van der Waals surface area contributed by atoms with Gasteiger partial charge in [0.1, 0.15) is 6.07 Å². The average molecular weight is 265 g/mol. The van der Waals surface area contributed by atoms with Crippen molar-refractivity contribution in [2.45, 2.75) is 6.92 Å². The second kappa shape index (κ2) is 4.55. The molecule has 6 heteroatoms. The van der Waals surface area contributed by atoms with E-state index in [1.165, 1.54) is 0 Å². The van der Waals surface area contributed by atoms with Crippen molar-refractivity contribution >= 4 is 28.1 Å². The molecule has 0 amide bonds. The van der Waals surface area contributed by atoms with E-state index in [1.807, 2.05) is 25.1 Å². The van der Waals surface area contributed by atoms with Gasteiger partial charge in [-0.05, 0) is 41.0 Å². The first-order valence-corrected chi connectivity index (χ1v) is 5.98. The predicted molar refractivity (Wildman–Crippen MR) is 75.4 cm³/mol. The molecule has 0 radical (unpaired) electrons. The van der Waals surface area contributed by atoms with Gasteiger partial charge in [-0.25, -0.2) is 4.63 Å². The molecule has 3 rings (SSSR count). The summed E-state index contributed by atoms with van der Waals surface area (Å²) in [5, 5.41) is 20.0. The van der Waals surface area contributed by atoms with Gasteiger partial charge in [-0.15, -0.1) is 0 Å². The maximum atomic E-state index is 9.24. The van der Waals surface area contributed by atoms with Gasteiger partial charge in [-0.1, -0.05) is 12.1 Å². The second-order valence-corrected chi connectivity index (χ2v) is 4.40. The van der Waals surface area contributed by atoms with Crippen molar-refractivity contribution in [3.8, 4) is 6.07 Å². The quantitative estimate of drug-likeness (QED) is 0.691. The van der Waals surface area contributed by atoms with Crippen molar-refractivity contribution in [3.63, 3.8) is 0 Å². The number of rotatable bonds is 2. The number of hydrogen-bond acceptors (Lipinski definition) is 6. The molecule has 6 nitrogen and oxygen atoms in total. The summed E-state index contributed by atoms with van der Waals surface area (Å²) in [6, 6.07) is 11.3. The molecular formula is C14H11N5O. The molecule has 1 aromatic heterocycles. The first kappa shape index (κ1) is 12.0. The molecule has 2 aromatic carbocycles. The largest absolute Gasteiger partial charge is 0.397 e. The van der Waals surface area contributed by atoms with Crippen molar-refractivity contribution in [3.05, 3.63) is 41.5 Å². The molecule has 0 unspecified atom stereocenters. The maximum Gasteiger partial charge on any atom is 0.160 e. The van der Waals surface area contributed by atoms with Crippen LogP contribution in [0.2, 0.25) is 0 Å². The molecule has 1 heterocycles. The van der Waals surface area contributed by atoms with Crippen molar-refractivity contribution in [1.82, 2.24) is 10.3 Å². The molecule has 0 aliphatic heterocycles. The monoisotopic (exact) mass is 265 g/mol. The van der Waals surface area contributed by atoms with E-state index in [-0.39, 0.29) is 0 Å². The molecule has 98 valence electrons. The summed E-state index contributed by atoms with van der Waals surface area (Å²) in [6.45, 7) is 1.89. The molecule has 0 fully saturated rings. The SMILES string of the molecule is Cc1cccc(Nc2ccc(N)c3nonc23)c1C#N. The summed E-state index contributed by atoms with van der Waals surface area (Å²) in [7, 11) is 0. The molecule has 3 N–H and O–H groups in total. The minimum absolute atomic E-state index is 0.497. The third-order valence-electron chi connectivity index (χ3n) is 3.10. The maximum absolute atomic E-state index is 9.24. The van der Waals surface area contributed by atoms with E-state index in [1.54, 1.807) is 12.1 Å². The highest BCUT2D eigenvalue weighted by molar-refractivity contribution is 5.96. The molecule has 0 saturated heterocycles. The predicted octanol–water partition coefficient (Wildman–Crippen LogP) is 2.73. The van der Waals surface area contributed by atoms with Crippen molar-refractivity contribution in [2.24, 2.45) is 0 Å². The Morgan fingerprint density at radius 1 is 1.15 bits per heavy atom. The van der Waals surface area contributed by atoms with Crippen molar-refractivity contribution < 1.29 is 4.63 Å². The highest BCUT2D eigenvalue weighted by atomic mass is 16.6. The summed E-state index contributed by atoms with van der Waals surface area (Å²) in [5.74, 6) is 0. The van der Waals surface area contributed by atoms with Gasteiger partial charge in [0.05, 0.1) is 22.6 Å². The Labute approximate surface area is 114 Å². The molecule has 0 bridgehead atoms. The molecule has 3 aromatic rings. The Hall–Kier alpha value is -3.07. The lowest BCUT2D eigenvalue weighted by Gasteiger charge is -2.10. The smallest absolute Gasteiger partial charge is 0.160 e. The topological polar surface area (TPSA) is 101 Å². The number of benzene rings is 2. The van der Waals surface area contributed by atoms with Crippen LogP contribution in [-0.2, 0) is 0 Å². The highest BCUT2D eigenvalue weighted by Crippen LogP contribution is 2.29. The zero-order valence-corrected chi connectivity index (χ0v) is 10.7. The summed E-state index contributed by atoms with van der Waals surface area (Å²) >= 11 is 0. The minimum Gasteiger partial charge on any atom is -0.397 e. The Morgan fingerprint density at radius 2 is 1.95 bits per heavy atom. The van der Waals surface area contributed by atoms with Gasteiger partial charge in [0, 0.05) is 0 Å². The van der Waals surface area contributed by atoms with Gasteiger partial charge in [0.2, 0.25) is 0 Å². The number of nitriles is 1. The van der Waals surface area contributed by atoms with Crippen LogP contribution in [0.25, 0.3) is 11.0 Å². The minimum atomic E-state index is 0.497. The zero-order chi connectivity index (χ0) is 14.1. The Bertz CT molecular complexity index is 831. The number of nitrogens with one attached hydrogen (secondary N) is 1. The lowest BCUT2D eigenvalue weighted by atomic mass is 10.1. The van der Waals surface area contributed by atoms with Gasteiger partial charge in [0.25, 0.3) is 0 Å². The van der Waals surface area contributed by atoms with E-state index in [2.05, 4.69) is 21.7 Å². The van der Waals surface area contributed by atoms with Gasteiger partial charge in [0.15, 0.2) is 11.0 Å². The molecule has 0 spiro atoms. The molecular weight excluding hydrogens is 254 g/mol. The van der Waals surface area contributed by atoms with Crippen molar-refractivity contribution in [2.75, 3.05) is 11.1 Å². The van der Waals surface area contributed by atoms with E-state index < -0.39 is 0 Å². The fourth-order valence-electron chi connectivity index (χ4n) is 2.05. The van der Waals surface area contributed by atoms with Crippen LogP contribution in [0.5, 0.6) is 0 Å². The fourth-order valence-corrected chi connectivity index (χ4v) is 2.05. The number of nitrogen functional groups attached to an aromatic ring is 1. The summed E-state index contributed by atoms with van der Waals surface area (Å²) < 4.78 is 4.72. The van der Waals surface area contributed by atoms with E-state index in [0.717, 1.165) is 5.56 Å². The number of nitrogens with zero attached hydrogens (tertiary/aromatic N) is 3. The summed E-state index contributed by atoms with van der Waals surface area (Å²) in [6.07, 6.45) is 0. The first-order chi connectivity index (χ1) is 9.70. The lowest BCUT2D eigenvalue weighted by Crippen LogP contribution is -1.97. The highest BCUT2D eigenvalue weighted by Gasteiger charge is 2.12. The first-order valence-electron chi connectivity index (χ1n) is 5.98. The van der Waals surface area contributed by atoms with Crippen LogP contribution in [0.4, 0.5) is 17.1 Å². The van der Waals surface area contributed by atoms with Crippen LogP contribution < -0.4 is 11.1 Å². The molecule has 0 saturated carbocycles. The summed E-state index contributed by atoms with van der Waals surface area (Å²) in [5.41, 5.74) is 10.2. The van der Waals surface area contributed by atoms with Crippen LogP contribution in [0.15, 0.2) is 35.0 Å². The molecule has 0 aliphatic rings. The normalized spacial score (nSPS) is 10.4. The fraction of sp³-hybridized carbons (Fsp3) is 0.0714. The van der Waals surface area contributed by atoms with Crippen LogP contribution in [0.1, 0.15) is 11.1 Å². The van der Waals surface area contributed by atoms with Gasteiger partial charge < -0.3 is 11.1 Å². The Balaban J connectivity index is 2.11. The number of fused-ring (bicyclic) bond motifs is 1. The third-order valence-corrected chi connectivity index (χ3v) is 3.10. The van der Waals surface area contributed by atoms with E-state index in [9.17, 15) is 5.26 Å². The van der Waals surface area contributed by atoms with Gasteiger partial charge in [-0.2, -0.15) is 5.26 Å². The van der Waals surface area contributed by atoms with E-state index >= 15 is 0 Å². The van der Waals surface area contributed by atoms with Gasteiger partial charge >= 0.3 is 0 Å². The van der Waals surface area contributed by atoms with Crippen LogP contribution >= 0.6 is 0 Å². The molecule has 0 atom stereocenters. The van der Waals surface area contributed by atoms with Crippen LogP contribution in [0.3, 0.4) is 0 Å². The lowest BCUT2D eigenvalue weighted by molar-refractivity contribution is 0.316. The van der Waals surface area contributed by atoms with Crippen LogP contribution in [-0.4, -0.2) is 10.3 Å². The van der Waals surface area contributed by atoms with Gasteiger partial charge in [-0.3, -0.25) is 0 Å². The van der Waals surface area contributed by atoms with Crippen LogP contribution in [0, 0.1) is 18.3 Å². The van der Waals surface area contributed by atoms with E-state index in [4.69, 9.17) is 10.4 Å². The Morgan fingerprint density at radius 3 is 2.75 bits per heavy atom. The number of hydrogen-bond donors (Lipinski definition) is 2. The number of nitrogens with two attached hydrogens (primary N) is 1. The number of anilines is 3. The second-order valence-electron chi connectivity index (χ2n) is 4.40. The molecule has 0 aliphatic carbocycles. The average Bonchev–Trinajstić information content (AvgIpc) is 2.93. The van der Waals surface area contributed by atoms with Crippen molar-refractivity contribution in [1.29, 1.82) is 5.26 Å². The Kier molecular flexibility index (Phi) is 2.73. The standard InChI is InChI=1S/C14H11N5O/c1-8-3-2-4-11(9(8)7-15)17-12-6-5-10(16)13-14(12)19-20-18-13/h2-6,17H,16H2,1H3. The zero-order valence-electron chi connectivity index (χ0n) is 10.7.